The molecular weight excluding hydrogens is 308 g/mol. The largest absolute Gasteiger partial charge is 0.462 e. The molecule has 2 aromatic rings. The zero-order valence-corrected chi connectivity index (χ0v) is 13.7. The number of anilines is 1. The summed E-state index contributed by atoms with van der Waals surface area (Å²) in [7, 11) is 0. The maximum absolute atomic E-state index is 12.7. The van der Waals surface area contributed by atoms with Crippen LogP contribution in [-0.4, -0.2) is 40.2 Å². The lowest BCUT2D eigenvalue weighted by Crippen LogP contribution is -2.24. The minimum atomic E-state index is -0.581. The van der Waals surface area contributed by atoms with Crippen LogP contribution in [-0.2, 0) is 4.74 Å². The van der Waals surface area contributed by atoms with Gasteiger partial charge in [0, 0.05) is 31.5 Å². The van der Waals surface area contributed by atoms with Crippen LogP contribution in [0.2, 0.25) is 0 Å². The van der Waals surface area contributed by atoms with E-state index in [1.165, 1.54) is 0 Å². The van der Waals surface area contributed by atoms with Crippen LogP contribution in [0, 0.1) is 0 Å². The first-order valence-corrected chi connectivity index (χ1v) is 8.53. The lowest BCUT2D eigenvalue weighted by atomic mass is 10.2. The maximum atomic E-state index is 12.7. The highest BCUT2D eigenvalue weighted by atomic mass is 16.5. The summed E-state index contributed by atoms with van der Waals surface area (Å²) in [5, 5.41) is 0.385. The van der Waals surface area contributed by atoms with Crippen LogP contribution in [0.5, 0.6) is 0 Å². The van der Waals surface area contributed by atoms with Crippen LogP contribution < -0.4 is 10.3 Å². The quantitative estimate of drug-likeness (QED) is 0.798. The highest BCUT2D eigenvalue weighted by Crippen LogP contribution is 2.36. The third kappa shape index (κ3) is 2.53. The van der Waals surface area contributed by atoms with Crippen molar-refractivity contribution < 1.29 is 9.53 Å². The zero-order valence-electron chi connectivity index (χ0n) is 13.7. The molecular formula is C17H20N4O3. The number of carbonyl (C=O) groups excluding carboxylic acids is 1. The Kier molecular flexibility index (Phi) is 3.70. The Hall–Kier alpha value is -2.44. The molecule has 2 fully saturated rings. The number of carbonyl (C=O) groups is 1. The summed E-state index contributed by atoms with van der Waals surface area (Å²) in [5.74, 6) is 0.0834. The van der Waals surface area contributed by atoms with Crippen molar-refractivity contribution in [3.63, 3.8) is 0 Å². The summed E-state index contributed by atoms with van der Waals surface area (Å²) < 4.78 is 6.97. The fraction of sp³-hybridized carbons (Fsp3) is 0.529. The van der Waals surface area contributed by atoms with Gasteiger partial charge < -0.3 is 14.2 Å². The van der Waals surface area contributed by atoms with E-state index in [9.17, 15) is 9.59 Å². The molecule has 2 aliphatic rings. The fourth-order valence-electron chi connectivity index (χ4n) is 3.18. The first kappa shape index (κ1) is 15.1. The third-order valence-corrected chi connectivity index (χ3v) is 4.58. The van der Waals surface area contributed by atoms with Crippen LogP contribution >= 0.6 is 0 Å². The molecule has 0 unspecified atom stereocenters. The highest BCUT2D eigenvalue weighted by molar-refractivity contribution is 5.93. The van der Waals surface area contributed by atoms with Gasteiger partial charge in [0.05, 0.1) is 12.0 Å². The first-order chi connectivity index (χ1) is 11.7. The van der Waals surface area contributed by atoms with Crippen LogP contribution in [0.4, 0.5) is 5.95 Å². The summed E-state index contributed by atoms with van der Waals surface area (Å²) in [6.45, 7) is 3.86. The standard InChI is InChI=1S/C17H20N4O3/c1-2-24-16(23)13-10-21(11-5-6-11)15-12(14(13)22)9-18-17(19-15)20-7-3-4-8-20/h9-11H,2-8H2,1H3. The third-order valence-electron chi connectivity index (χ3n) is 4.58. The second-order valence-corrected chi connectivity index (χ2v) is 6.33. The molecule has 7 heteroatoms. The molecule has 0 atom stereocenters. The minimum absolute atomic E-state index is 0.0637. The van der Waals surface area contributed by atoms with Crippen molar-refractivity contribution in [1.29, 1.82) is 0 Å². The van der Waals surface area contributed by atoms with Gasteiger partial charge in [-0.3, -0.25) is 4.79 Å². The molecule has 0 N–H and O–H groups in total. The summed E-state index contributed by atoms with van der Waals surface area (Å²) in [6.07, 6.45) is 7.50. The van der Waals surface area contributed by atoms with Crippen LogP contribution in [0.1, 0.15) is 49.0 Å². The van der Waals surface area contributed by atoms with E-state index >= 15 is 0 Å². The molecule has 24 heavy (non-hydrogen) atoms. The number of ether oxygens (including phenoxy) is 1. The zero-order chi connectivity index (χ0) is 16.7. The fourth-order valence-corrected chi connectivity index (χ4v) is 3.18. The summed E-state index contributed by atoms with van der Waals surface area (Å²) in [4.78, 5) is 35.9. The number of fused-ring (bicyclic) bond motifs is 1. The Morgan fingerprint density at radius 2 is 2.08 bits per heavy atom. The van der Waals surface area contributed by atoms with Gasteiger partial charge in [0.25, 0.3) is 0 Å². The molecule has 0 aromatic carbocycles. The monoisotopic (exact) mass is 328 g/mol. The summed E-state index contributed by atoms with van der Waals surface area (Å²) >= 11 is 0. The molecule has 0 radical (unpaired) electrons. The van der Waals surface area contributed by atoms with Crippen molar-refractivity contribution in [1.82, 2.24) is 14.5 Å². The SMILES string of the molecule is CCOC(=O)c1cn(C2CC2)c2nc(N3CCCC3)ncc2c1=O. The molecule has 1 saturated carbocycles. The van der Waals surface area contributed by atoms with Crippen LogP contribution in [0.25, 0.3) is 11.0 Å². The molecule has 2 aromatic heterocycles. The van der Waals surface area contributed by atoms with Crippen molar-refractivity contribution >= 4 is 23.0 Å². The Morgan fingerprint density at radius 1 is 1.33 bits per heavy atom. The molecule has 0 amide bonds. The normalized spacial score (nSPS) is 17.5. The molecule has 7 nitrogen and oxygen atoms in total. The lowest BCUT2D eigenvalue weighted by Gasteiger charge is -2.17. The molecule has 0 spiro atoms. The summed E-state index contributed by atoms with van der Waals surface area (Å²) in [6, 6.07) is 0.294. The molecule has 4 rings (SSSR count). The highest BCUT2D eigenvalue weighted by Gasteiger charge is 2.28. The van der Waals surface area contributed by atoms with Gasteiger partial charge in [0.2, 0.25) is 11.4 Å². The average Bonchev–Trinajstić information content (AvgIpc) is 3.28. The van der Waals surface area contributed by atoms with E-state index in [1.807, 2.05) is 4.57 Å². The smallest absolute Gasteiger partial charge is 0.343 e. The van der Waals surface area contributed by atoms with Crippen molar-refractivity contribution in [3.8, 4) is 0 Å². The Bertz CT molecular complexity index is 851. The number of hydrogen-bond acceptors (Lipinski definition) is 6. The van der Waals surface area contributed by atoms with E-state index in [4.69, 9.17) is 4.74 Å². The van der Waals surface area contributed by atoms with Gasteiger partial charge in [-0.1, -0.05) is 0 Å². The van der Waals surface area contributed by atoms with Crippen molar-refractivity contribution in [3.05, 3.63) is 28.2 Å². The van der Waals surface area contributed by atoms with Crippen LogP contribution in [0.3, 0.4) is 0 Å². The van der Waals surface area contributed by atoms with E-state index < -0.39 is 5.97 Å². The van der Waals surface area contributed by atoms with Gasteiger partial charge in [0.15, 0.2) is 0 Å². The van der Waals surface area contributed by atoms with Crippen molar-refractivity contribution in [2.75, 3.05) is 24.6 Å². The van der Waals surface area contributed by atoms with Gasteiger partial charge in [-0.25, -0.2) is 9.78 Å². The Labute approximate surface area is 139 Å². The van der Waals surface area contributed by atoms with E-state index in [2.05, 4.69) is 14.9 Å². The molecule has 1 saturated heterocycles. The first-order valence-electron chi connectivity index (χ1n) is 8.53. The number of aromatic nitrogens is 3. The number of rotatable bonds is 4. The van der Waals surface area contributed by atoms with E-state index in [1.54, 1.807) is 19.3 Å². The van der Waals surface area contributed by atoms with Crippen LogP contribution in [0.15, 0.2) is 17.2 Å². The minimum Gasteiger partial charge on any atom is -0.462 e. The molecule has 3 heterocycles. The molecule has 126 valence electrons. The van der Waals surface area contributed by atoms with Gasteiger partial charge in [-0.2, -0.15) is 4.98 Å². The maximum Gasteiger partial charge on any atom is 0.343 e. The van der Waals surface area contributed by atoms with Crippen molar-refractivity contribution in [2.24, 2.45) is 0 Å². The van der Waals surface area contributed by atoms with Gasteiger partial charge in [0.1, 0.15) is 11.2 Å². The molecule has 1 aliphatic carbocycles. The Balaban J connectivity index is 1.88. The summed E-state index contributed by atoms with van der Waals surface area (Å²) in [5.41, 5.74) is 0.328. The van der Waals surface area contributed by atoms with E-state index in [0.717, 1.165) is 38.8 Å². The second-order valence-electron chi connectivity index (χ2n) is 6.33. The van der Waals surface area contributed by atoms with Gasteiger partial charge >= 0.3 is 5.97 Å². The Morgan fingerprint density at radius 3 is 2.75 bits per heavy atom. The molecule has 0 bridgehead atoms. The van der Waals surface area contributed by atoms with Crippen molar-refractivity contribution in [2.45, 2.75) is 38.6 Å². The second kappa shape index (κ2) is 5.89. The predicted octanol–water partition coefficient (Wildman–Crippen LogP) is 1.90. The van der Waals surface area contributed by atoms with E-state index in [0.29, 0.717) is 23.0 Å². The topological polar surface area (TPSA) is 77.3 Å². The van der Waals surface area contributed by atoms with Gasteiger partial charge in [-0.15, -0.1) is 0 Å². The lowest BCUT2D eigenvalue weighted by molar-refractivity contribution is 0.0524. The number of hydrogen-bond donors (Lipinski definition) is 0. The number of esters is 1. The van der Waals surface area contributed by atoms with Gasteiger partial charge in [-0.05, 0) is 32.6 Å². The van der Waals surface area contributed by atoms with E-state index in [-0.39, 0.29) is 17.6 Å². The predicted molar refractivity (Wildman–Crippen MR) is 89.5 cm³/mol. The number of pyridine rings is 1. The number of nitrogens with zero attached hydrogens (tertiary/aromatic N) is 4. The average molecular weight is 328 g/mol. The molecule has 1 aliphatic heterocycles.